The molecule has 0 bridgehead atoms. The first-order valence-electron chi connectivity index (χ1n) is 9.03. The molecule has 1 N–H and O–H groups in total. The Morgan fingerprint density at radius 1 is 0.931 bits per heavy atom. The molecule has 0 fully saturated rings. The number of carbonyl (C=O) groups is 1. The van der Waals surface area contributed by atoms with E-state index in [1.54, 1.807) is 41.1 Å². The van der Waals surface area contributed by atoms with E-state index in [0.717, 1.165) is 11.3 Å². The number of phenolic OH excluding ortho intramolecular Hbond substituents is 1. The summed E-state index contributed by atoms with van der Waals surface area (Å²) in [6.45, 7) is 0. The number of para-hydroxylation sites is 2. The standard InChI is InChI=1S/C24H17FN2O2/c25-19-13-10-17(11-14-19)24-18(16-27(26-24)20-6-2-1-3-7-20)12-15-23(29)21-8-4-5-9-22(21)28/h1-16,28H/b15-12+. The van der Waals surface area contributed by atoms with E-state index in [4.69, 9.17) is 0 Å². The number of allylic oxidation sites excluding steroid dienone is 1. The minimum absolute atomic E-state index is 0.0686. The SMILES string of the molecule is O=C(/C=C/c1cn(-c2ccccc2)nc1-c1ccc(F)cc1)c1ccccc1O. The third-order valence-corrected chi connectivity index (χ3v) is 4.46. The number of phenols is 1. The summed E-state index contributed by atoms with van der Waals surface area (Å²) in [6.07, 6.45) is 4.86. The topological polar surface area (TPSA) is 55.1 Å². The van der Waals surface area contributed by atoms with Gasteiger partial charge in [0.2, 0.25) is 0 Å². The van der Waals surface area contributed by atoms with Gasteiger partial charge in [-0.15, -0.1) is 0 Å². The van der Waals surface area contributed by atoms with Gasteiger partial charge >= 0.3 is 0 Å². The van der Waals surface area contributed by atoms with Gasteiger partial charge in [0.25, 0.3) is 0 Å². The van der Waals surface area contributed by atoms with Crippen LogP contribution in [0.1, 0.15) is 15.9 Å². The summed E-state index contributed by atoms with van der Waals surface area (Å²) in [5.74, 6) is -0.718. The van der Waals surface area contributed by atoms with E-state index < -0.39 is 0 Å². The predicted octanol–water partition coefficient (Wildman–Crippen LogP) is 5.28. The van der Waals surface area contributed by atoms with Gasteiger partial charge in [-0.25, -0.2) is 9.07 Å². The Kier molecular flexibility index (Phi) is 5.03. The first kappa shape index (κ1) is 18.4. The summed E-state index contributed by atoms with van der Waals surface area (Å²) in [7, 11) is 0. The van der Waals surface area contributed by atoms with Gasteiger partial charge in [0.15, 0.2) is 5.78 Å². The van der Waals surface area contributed by atoms with Crippen molar-refractivity contribution in [3.8, 4) is 22.7 Å². The third kappa shape index (κ3) is 3.99. The molecule has 0 atom stereocenters. The lowest BCUT2D eigenvalue weighted by atomic mass is 10.1. The number of nitrogens with zero attached hydrogens (tertiary/aromatic N) is 2. The molecule has 0 aliphatic rings. The molecule has 142 valence electrons. The molecule has 5 heteroatoms. The smallest absolute Gasteiger partial charge is 0.189 e. The monoisotopic (exact) mass is 384 g/mol. The number of rotatable bonds is 5. The van der Waals surface area contributed by atoms with Crippen LogP contribution < -0.4 is 0 Å². The van der Waals surface area contributed by atoms with Crippen LogP contribution in [0.25, 0.3) is 23.0 Å². The normalized spacial score (nSPS) is 11.1. The van der Waals surface area contributed by atoms with E-state index in [9.17, 15) is 14.3 Å². The van der Waals surface area contributed by atoms with Crippen molar-refractivity contribution < 1.29 is 14.3 Å². The molecule has 0 spiro atoms. The van der Waals surface area contributed by atoms with Gasteiger partial charge in [-0.1, -0.05) is 30.3 Å². The number of aromatic hydroxyl groups is 1. The van der Waals surface area contributed by atoms with Crippen LogP contribution in [0, 0.1) is 5.82 Å². The lowest BCUT2D eigenvalue weighted by Crippen LogP contribution is -1.94. The van der Waals surface area contributed by atoms with Gasteiger partial charge in [-0.05, 0) is 60.7 Å². The molecular formula is C24H17FN2O2. The lowest BCUT2D eigenvalue weighted by molar-refractivity contribution is 0.104. The van der Waals surface area contributed by atoms with E-state index in [0.29, 0.717) is 11.3 Å². The molecule has 1 aromatic heterocycles. The summed E-state index contributed by atoms with van der Waals surface area (Å²) >= 11 is 0. The fourth-order valence-electron chi connectivity index (χ4n) is 2.99. The second-order valence-corrected chi connectivity index (χ2v) is 6.43. The van der Waals surface area contributed by atoms with Gasteiger partial charge < -0.3 is 5.11 Å². The van der Waals surface area contributed by atoms with Gasteiger partial charge in [-0.3, -0.25) is 4.79 Å². The Hall–Kier alpha value is -3.99. The van der Waals surface area contributed by atoms with Crippen LogP contribution in [0.4, 0.5) is 4.39 Å². The molecule has 4 aromatic rings. The number of hydrogen-bond acceptors (Lipinski definition) is 3. The third-order valence-electron chi connectivity index (χ3n) is 4.46. The fourth-order valence-corrected chi connectivity index (χ4v) is 2.99. The number of hydrogen-bond donors (Lipinski definition) is 1. The molecule has 1 heterocycles. The zero-order valence-corrected chi connectivity index (χ0v) is 15.4. The molecule has 0 radical (unpaired) electrons. The highest BCUT2D eigenvalue weighted by Crippen LogP contribution is 2.26. The highest BCUT2D eigenvalue weighted by molar-refractivity contribution is 6.08. The Balaban J connectivity index is 1.75. The van der Waals surface area contributed by atoms with E-state index in [2.05, 4.69) is 5.10 Å². The number of halogens is 1. The van der Waals surface area contributed by atoms with Crippen LogP contribution in [0.2, 0.25) is 0 Å². The van der Waals surface area contributed by atoms with Gasteiger partial charge in [0.05, 0.1) is 16.9 Å². The van der Waals surface area contributed by atoms with Crippen molar-refractivity contribution in [1.29, 1.82) is 0 Å². The summed E-state index contributed by atoms with van der Waals surface area (Å²) in [5, 5.41) is 14.5. The van der Waals surface area contributed by atoms with Gasteiger partial charge in [-0.2, -0.15) is 5.10 Å². The predicted molar refractivity (Wildman–Crippen MR) is 110 cm³/mol. The average molecular weight is 384 g/mol. The van der Waals surface area contributed by atoms with E-state index in [-0.39, 0.29) is 22.9 Å². The van der Waals surface area contributed by atoms with Crippen LogP contribution in [0.5, 0.6) is 5.75 Å². The van der Waals surface area contributed by atoms with Crippen LogP contribution >= 0.6 is 0 Å². The Morgan fingerprint density at radius 2 is 1.62 bits per heavy atom. The zero-order chi connectivity index (χ0) is 20.2. The maximum Gasteiger partial charge on any atom is 0.189 e. The van der Waals surface area contributed by atoms with Crippen LogP contribution in [-0.2, 0) is 0 Å². The van der Waals surface area contributed by atoms with Crippen molar-refractivity contribution in [3.63, 3.8) is 0 Å². The molecule has 0 saturated heterocycles. The number of ketones is 1. The molecule has 4 rings (SSSR count). The summed E-state index contributed by atoms with van der Waals surface area (Å²) in [6, 6.07) is 22.0. The second kappa shape index (κ2) is 7.94. The second-order valence-electron chi connectivity index (χ2n) is 6.43. The lowest BCUT2D eigenvalue weighted by Gasteiger charge is -2.01. The van der Waals surface area contributed by atoms with E-state index >= 15 is 0 Å². The van der Waals surface area contributed by atoms with Crippen molar-refractivity contribution in [2.75, 3.05) is 0 Å². The molecule has 29 heavy (non-hydrogen) atoms. The molecule has 0 aliphatic carbocycles. The number of benzene rings is 3. The van der Waals surface area contributed by atoms with Crippen LogP contribution in [-0.4, -0.2) is 20.7 Å². The number of aromatic nitrogens is 2. The van der Waals surface area contributed by atoms with Crippen molar-refractivity contribution in [3.05, 3.63) is 108 Å². The summed E-state index contributed by atoms with van der Waals surface area (Å²) in [5.41, 5.74) is 3.14. The molecule has 0 amide bonds. The molecule has 3 aromatic carbocycles. The molecule has 4 nitrogen and oxygen atoms in total. The first-order chi connectivity index (χ1) is 14.1. The van der Waals surface area contributed by atoms with Crippen molar-refractivity contribution in [2.24, 2.45) is 0 Å². The molecular weight excluding hydrogens is 367 g/mol. The largest absolute Gasteiger partial charge is 0.507 e. The van der Waals surface area contributed by atoms with Crippen LogP contribution in [0.3, 0.4) is 0 Å². The molecule has 0 unspecified atom stereocenters. The Bertz CT molecular complexity index is 1180. The van der Waals surface area contributed by atoms with Crippen molar-refractivity contribution in [1.82, 2.24) is 9.78 Å². The van der Waals surface area contributed by atoms with Gasteiger partial charge in [0.1, 0.15) is 11.6 Å². The minimum atomic E-state index is -0.330. The van der Waals surface area contributed by atoms with Crippen LogP contribution in [0.15, 0.2) is 91.1 Å². The summed E-state index contributed by atoms with van der Waals surface area (Å²) in [4.78, 5) is 12.5. The fraction of sp³-hybridized carbons (Fsp3) is 0. The molecule has 0 aliphatic heterocycles. The summed E-state index contributed by atoms with van der Waals surface area (Å²) < 4.78 is 15.1. The highest BCUT2D eigenvalue weighted by Gasteiger charge is 2.12. The van der Waals surface area contributed by atoms with Crippen molar-refractivity contribution >= 4 is 11.9 Å². The average Bonchev–Trinajstić information content (AvgIpc) is 3.18. The van der Waals surface area contributed by atoms with E-state index in [1.165, 1.54) is 24.3 Å². The van der Waals surface area contributed by atoms with Gasteiger partial charge in [0, 0.05) is 17.3 Å². The number of carbonyl (C=O) groups excluding carboxylic acids is 1. The Labute approximate surface area is 167 Å². The maximum atomic E-state index is 13.3. The van der Waals surface area contributed by atoms with Crippen molar-refractivity contribution in [2.45, 2.75) is 0 Å². The molecule has 0 saturated carbocycles. The maximum absolute atomic E-state index is 13.3. The quantitative estimate of drug-likeness (QED) is 0.376. The minimum Gasteiger partial charge on any atom is -0.507 e. The Morgan fingerprint density at radius 3 is 2.34 bits per heavy atom. The zero-order valence-electron chi connectivity index (χ0n) is 15.4. The highest BCUT2D eigenvalue weighted by atomic mass is 19.1. The first-order valence-corrected chi connectivity index (χ1v) is 9.03. The van der Waals surface area contributed by atoms with E-state index in [1.807, 2.05) is 36.5 Å².